The highest BCUT2D eigenvalue weighted by Crippen LogP contribution is 2.26. The number of carboxylic acids is 1. The fourth-order valence-electron chi connectivity index (χ4n) is 2.26. The van der Waals surface area contributed by atoms with Crippen LogP contribution in [0.15, 0.2) is 53.7 Å². The molecule has 3 aromatic rings. The molecule has 0 fully saturated rings. The van der Waals surface area contributed by atoms with Gasteiger partial charge in [-0.3, -0.25) is 9.36 Å². The molecule has 7 heteroatoms. The monoisotopic (exact) mass is 354 g/mol. The number of aryl methyl sites for hydroxylation is 2. The lowest BCUT2D eigenvalue weighted by Gasteiger charge is -2.11. The Morgan fingerprint density at radius 1 is 1.04 bits per heavy atom. The zero-order chi connectivity index (χ0) is 17.8. The van der Waals surface area contributed by atoms with Crippen LogP contribution in [0, 0.1) is 13.8 Å². The fraction of sp³-hybridized carbons (Fsp3) is 0.167. The topological polar surface area (TPSA) is 80.0 Å². The predicted octanol–water partition coefficient (Wildman–Crippen LogP) is 3.80. The number of aromatic nitrogens is 3. The molecule has 0 saturated heterocycles. The SMILES string of the molecule is Cc1ccc(Nc2nnc(SCC(=O)O)n2-c2ccc(C)cc2)cc1. The van der Waals surface area contributed by atoms with E-state index in [9.17, 15) is 4.79 Å². The zero-order valence-corrected chi connectivity index (χ0v) is 14.7. The maximum absolute atomic E-state index is 10.9. The van der Waals surface area contributed by atoms with Crippen molar-refractivity contribution < 1.29 is 9.90 Å². The highest BCUT2D eigenvalue weighted by atomic mass is 32.2. The minimum Gasteiger partial charge on any atom is -0.481 e. The average molecular weight is 354 g/mol. The number of aliphatic carboxylic acids is 1. The number of carbonyl (C=O) groups is 1. The van der Waals surface area contributed by atoms with Crippen LogP contribution in [0.25, 0.3) is 5.69 Å². The largest absolute Gasteiger partial charge is 0.481 e. The van der Waals surface area contributed by atoms with Gasteiger partial charge < -0.3 is 10.4 Å². The molecule has 25 heavy (non-hydrogen) atoms. The quantitative estimate of drug-likeness (QED) is 0.655. The molecular weight excluding hydrogens is 336 g/mol. The summed E-state index contributed by atoms with van der Waals surface area (Å²) in [6.45, 7) is 4.04. The van der Waals surface area contributed by atoms with Gasteiger partial charge in [0, 0.05) is 5.69 Å². The molecule has 0 unspecified atom stereocenters. The van der Waals surface area contributed by atoms with Crippen LogP contribution in [0.1, 0.15) is 11.1 Å². The van der Waals surface area contributed by atoms with E-state index in [2.05, 4.69) is 15.5 Å². The maximum Gasteiger partial charge on any atom is 0.313 e. The van der Waals surface area contributed by atoms with E-state index in [-0.39, 0.29) is 5.75 Å². The zero-order valence-electron chi connectivity index (χ0n) is 13.9. The number of rotatable bonds is 6. The molecule has 128 valence electrons. The summed E-state index contributed by atoms with van der Waals surface area (Å²) in [6, 6.07) is 15.9. The van der Waals surface area contributed by atoms with Gasteiger partial charge in [0.1, 0.15) is 0 Å². The molecule has 2 N–H and O–H groups in total. The fourth-order valence-corrected chi connectivity index (χ4v) is 2.94. The number of nitrogens with one attached hydrogen (secondary N) is 1. The molecule has 0 spiro atoms. The third-order valence-corrected chi connectivity index (χ3v) is 4.47. The number of carboxylic acid groups (broad SMARTS) is 1. The predicted molar refractivity (Wildman–Crippen MR) is 98.9 cm³/mol. The van der Waals surface area contributed by atoms with E-state index in [4.69, 9.17) is 5.11 Å². The molecule has 0 atom stereocenters. The Hall–Kier alpha value is -2.80. The molecule has 2 aromatic carbocycles. The molecule has 6 nitrogen and oxygen atoms in total. The van der Waals surface area contributed by atoms with E-state index in [1.54, 1.807) is 0 Å². The Kier molecular flexibility index (Phi) is 5.04. The second-order valence-corrected chi connectivity index (χ2v) is 6.59. The van der Waals surface area contributed by atoms with Gasteiger partial charge in [-0.2, -0.15) is 0 Å². The van der Waals surface area contributed by atoms with E-state index in [1.165, 1.54) is 5.56 Å². The van der Waals surface area contributed by atoms with E-state index in [1.807, 2.05) is 66.9 Å². The molecule has 1 heterocycles. The van der Waals surface area contributed by atoms with Crippen LogP contribution in [0.3, 0.4) is 0 Å². The Morgan fingerprint density at radius 3 is 2.24 bits per heavy atom. The Balaban J connectivity index is 1.97. The third-order valence-electron chi connectivity index (χ3n) is 3.56. The number of hydrogen-bond donors (Lipinski definition) is 2. The molecule has 0 aliphatic carbocycles. The molecule has 3 rings (SSSR count). The summed E-state index contributed by atoms with van der Waals surface area (Å²) in [5.74, 6) is -0.425. The average Bonchev–Trinajstić information content (AvgIpc) is 2.98. The van der Waals surface area contributed by atoms with Gasteiger partial charge in [0.15, 0.2) is 5.16 Å². The van der Waals surface area contributed by atoms with Crippen molar-refractivity contribution in [2.45, 2.75) is 19.0 Å². The molecule has 0 aliphatic rings. The Morgan fingerprint density at radius 2 is 1.64 bits per heavy atom. The summed E-state index contributed by atoms with van der Waals surface area (Å²) in [5, 5.41) is 21.1. The van der Waals surface area contributed by atoms with E-state index < -0.39 is 5.97 Å². The summed E-state index contributed by atoms with van der Waals surface area (Å²) in [7, 11) is 0. The van der Waals surface area contributed by atoms with Crippen LogP contribution in [-0.2, 0) is 4.79 Å². The first-order valence-electron chi connectivity index (χ1n) is 7.73. The van der Waals surface area contributed by atoms with Crippen LogP contribution in [0.2, 0.25) is 0 Å². The third kappa shape index (κ3) is 4.19. The second kappa shape index (κ2) is 7.40. The summed E-state index contributed by atoms with van der Waals surface area (Å²) >= 11 is 1.14. The van der Waals surface area contributed by atoms with Crippen molar-refractivity contribution in [3.05, 3.63) is 59.7 Å². The minimum absolute atomic E-state index is 0.0749. The summed E-state index contributed by atoms with van der Waals surface area (Å²) in [6.07, 6.45) is 0. The van der Waals surface area contributed by atoms with Crippen molar-refractivity contribution in [2.75, 3.05) is 11.1 Å². The van der Waals surface area contributed by atoms with Gasteiger partial charge in [0.25, 0.3) is 0 Å². The van der Waals surface area contributed by atoms with Crippen LogP contribution in [0.5, 0.6) is 0 Å². The lowest BCUT2D eigenvalue weighted by atomic mass is 10.2. The smallest absolute Gasteiger partial charge is 0.313 e. The van der Waals surface area contributed by atoms with Crippen LogP contribution in [-0.4, -0.2) is 31.6 Å². The summed E-state index contributed by atoms with van der Waals surface area (Å²) < 4.78 is 1.83. The van der Waals surface area contributed by atoms with Gasteiger partial charge in [-0.05, 0) is 38.1 Å². The normalized spacial score (nSPS) is 10.6. The second-order valence-electron chi connectivity index (χ2n) is 5.65. The van der Waals surface area contributed by atoms with Crippen LogP contribution >= 0.6 is 11.8 Å². The van der Waals surface area contributed by atoms with Crippen LogP contribution in [0.4, 0.5) is 11.6 Å². The first-order chi connectivity index (χ1) is 12.0. The summed E-state index contributed by atoms with van der Waals surface area (Å²) in [5.41, 5.74) is 4.08. The Labute approximate surface area is 149 Å². The van der Waals surface area contributed by atoms with Gasteiger partial charge >= 0.3 is 5.97 Å². The minimum atomic E-state index is -0.892. The number of benzene rings is 2. The molecule has 0 radical (unpaired) electrons. The van der Waals surface area contributed by atoms with E-state index >= 15 is 0 Å². The molecule has 0 amide bonds. The number of anilines is 2. The Bertz CT molecular complexity index is 873. The molecule has 0 bridgehead atoms. The summed E-state index contributed by atoms with van der Waals surface area (Å²) in [4.78, 5) is 10.9. The van der Waals surface area contributed by atoms with Gasteiger partial charge in [0.05, 0.1) is 11.4 Å². The first kappa shape index (κ1) is 17.0. The lowest BCUT2D eigenvalue weighted by Crippen LogP contribution is -2.05. The first-order valence-corrected chi connectivity index (χ1v) is 8.72. The van der Waals surface area contributed by atoms with Crippen molar-refractivity contribution in [3.8, 4) is 5.69 Å². The van der Waals surface area contributed by atoms with Crippen LogP contribution < -0.4 is 5.32 Å². The molecular formula is C18H18N4O2S. The van der Waals surface area contributed by atoms with E-state index in [0.29, 0.717) is 11.1 Å². The van der Waals surface area contributed by atoms with Gasteiger partial charge in [-0.1, -0.05) is 47.2 Å². The highest BCUT2D eigenvalue weighted by Gasteiger charge is 2.16. The molecule has 0 saturated carbocycles. The molecule has 1 aromatic heterocycles. The molecule has 0 aliphatic heterocycles. The van der Waals surface area contributed by atoms with Crippen molar-refractivity contribution in [1.82, 2.24) is 14.8 Å². The number of nitrogens with zero attached hydrogens (tertiary/aromatic N) is 3. The maximum atomic E-state index is 10.9. The standard InChI is InChI=1S/C18H18N4O2S/c1-12-3-7-14(8-4-12)19-17-20-21-18(25-11-16(23)24)22(17)15-9-5-13(2)6-10-15/h3-10H,11H2,1-2H3,(H,19,20)(H,23,24). The highest BCUT2D eigenvalue weighted by molar-refractivity contribution is 7.99. The van der Waals surface area contributed by atoms with Crippen molar-refractivity contribution >= 4 is 29.4 Å². The van der Waals surface area contributed by atoms with Crippen molar-refractivity contribution in [2.24, 2.45) is 0 Å². The van der Waals surface area contributed by atoms with Gasteiger partial charge in [-0.15, -0.1) is 10.2 Å². The van der Waals surface area contributed by atoms with Crippen molar-refractivity contribution in [1.29, 1.82) is 0 Å². The number of hydrogen-bond acceptors (Lipinski definition) is 5. The number of thioether (sulfide) groups is 1. The van der Waals surface area contributed by atoms with Gasteiger partial charge in [-0.25, -0.2) is 0 Å². The van der Waals surface area contributed by atoms with E-state index in [0.717, 1.165) is 28.7 Å². The van der Waals surface area contributed by atoms with Crippen molar-refractivity contribution in [3.63, 3.8) is 0 Å². The van der Waals surface area contributed by atoms with Gasteiger partial charge in [0.2, 0.25) is 5.95 Å². The lowest BCUT2D eigenvalue weighted by molar-refractivity contribution is -0.133.